The van der Waals surface area contributed by atoms with Gasteiger partial charge in [-0.15, -0.1) is 0 Å². The number of sulfonamides is 1. The van der Waals surface area contributed by atoms with Crippen LogP contribution in [0, 0.1) is 5.92 Å². The van der Waals surface area contributed by atoms with E-state index >= 15 is 0 Å². The van der Waals surface area contributed by atoms with Gasteiger partial charge < -0.3 is 19.5 Å². The molecule has 3 aromatic rings. The average molecular weight is 495 g/mol. The number of carbonyl (C=O) groups is 1. The molecule has 1 saturated heterocycles. The first kappa shape index (κ1) is 23.0. The molecule has 2 aliphatic heterocycles. The van der Waals surface area contributed by atoms with Crippen molar-refractivity contribution < 1.29 is 17.9 Å². The number of hydrogen-bond acceptors (Lipinski definition) is 5. The second kappa shape index (κ2) is 9.10. The van der Waals surface area contributed by atoms with Crippen LogP contribution < -0.4 is 20.3 Å². The van der Waals surface area contributed by atoms with Crippen molar-refractivity contribution in [2.24, 2.45) is 5.92 Å². The molecule has 2 N–H and O–H groups in total. The number of likely N-dealkylation sites (tertiary alicyclic amines) is 1. The van der Waals surface area contributed by atoms with Gasteiger partial charge in [0.15, 0.2) is 0 Å². The van der Waals surface area contributed by atoms with Crippen molar-refractivity contribution in [1.29, 1.82) is 0 Å². The smallest absolute Gasteiger partial charge is 0.321 e. The van der Waals surface area contributed by atoms with Gasteiger partial charge in [-0.3, -0.25) is 9.52 Å². The zero-order valence-electron chi connectivity index (χ0n) is 19.2. The van der Waals surface area contributed by atoms with Gasteiger partial charge in [0.1, 0.15) is 5.75 Å². The fraction of sp³-hybridized carbons (Fsp3) is 0.280. The molecule has 0 saturated carbocycles. The highest BCUT2D eigenvalue weighted by molar-refractivity contribution is 7.92. The van der Waals surface area contributed by atoms with Crippen molar-refractivity contribution in [3.63, 3.8) is 0 Å². The molecule has 2 aliphatic rings. The Morgan fingerprint density at radius 3 is 2.43 bits per heavy atom. The van der Waals surface area contributed by atoms with Gasteiger partial charge in [-0.2, -0.15) is 0 Å². The minimum atomic E-state index is -3.83. The Bertz CT molecular complexity index is 1400. The molecule has 35 heavy (non-hydrogen) atoms. The van der Waals surface area contributed by atoms with Crippen LogP contribution in [0.1, 0.15) is 18.0 Å². The number of amides is 2. The minimum Gasteiger partial charge on any atom is -0.497 e. The molecule has 0 spiro atoms. The Morgan fingerprint density at radius 2 is 1.71 bits per heavy atom. The van der Waals surface area contributed by atoms with E-state index in [1.54, 1.807) is 59.0 Å². The highest BCUT2D eigenvalue weighted by Crippen LogP contribution is 2.39. The first-order valence-electron chi connectivity index (χ1n) is 11.4. The summed E-state index contributed by atoms with van der Waals surface area (Å²) in [4.78, 5) is 27.6. The van der Waals surface area contributed by atoms with Gasteiger partial charge in [0.2, 0.25) is 0 Å². The molecule has 0 aliphatic carbocycles. The molecule has 5 rings (SSSR count). The first-order chi connectivity index (χ1) is 16.8. The minimum absolute atomic E-state index is 0.0987. The van der Waals surface area contributed by atoms with E-state index in [-0.39, 0.29) is 28.3 Å². The Hall–Kier alpha value is -3.79. The lowest BCUT2D eigenvalue weighted by molar-refractivity contribution is 0.140. The molecule has 9 nitrogen and oxygen atoms in total. The number of hydrogen-bond donors (Lipinski definition) is 2. The molecule has 1 aromatic heterocycles. The molecule has 2 bridgehead atoms. The Balaban J connectivity index is 1.40. The molecule has 10 heteroatoms. The summed E-state index contributed by atoms with van der Waals surface area (Å²) in [5, 5.41) is 2.91. The summed E-state index contributed by atoms with van der Waals surface area (Å²) in [5.41, 5.74) is 1.47. The molecular formula is C25H26N4O5S. The number of piperidine rings is 1. The standard InChI is InChI=1S/C25H26N4O5S/c1-34-20-9-7-19(8-10-20)26-25(31)28-14-17-13-18(16-28)24-22(11-12-23(30)29(24)15-17)27-35(32,33)21-5-3-2-4-6-21/h2-12,17-18,27H,13-16H2,1H3,(H,26,31)/t17-,18+/m0/s1. The van der Waals surface area contributed by atoms with Crippen LogP contribution in [0.4, 0.5) is 16.2 Å². The van der Waals surface area contributed by atoms with Crippen LogP contribution in [0.2, 0.25) is 0 Å². The van der Waals surface area contributed by atoms with Crippen molar-refractivity contribution in [2.75, 3.05) is 30.2 Å². The van der Waals surface area contributed by atoms with Crippen molar-refractivity contribution in [1.82, 2.24) is 9.47 Å². The maximum Gasteiger partial charge on any atom is 0.321 e. The van der Waals surface area contributed by atoms with Crippen LogP contribution in [0.15, 0.2) is 76.4 Å². The Morgan fingerprint density at radius 1 is 0.971 bits per heavy atom. The lowest BCUT2D eigenvalue weighted by Crippen LogP contribution is -2.50. The normalized spacial score (nSPS) is 18.9. The predicted octanol–water partition coefficient (Wildman–Crippen LogP) is 3.31. The molecule has 2 atom stereocenters. The summed E-state index contributed by atoms with van der Waals surface area (Å²) < 4.78 is 35.5. The Kier molecular flexibility index (Phi) is 5.98. The number of anilines is 2. The van der Waals surface area contributed by atoms with Gasteiger partial charge in [-0.25, -0.2) is 13.2 Å². The molecule has 3 heterocycles. The van der Waals surface area contributed by atoms with Gasteiger partial charge in [0.05, 0.1) is 23.4 Å². The fourth-order valence-corrected chi connectivity index (χ4v) is 6.04. The topological polar surface area (TPSA) is 110 Å². The highest BCUT2D eigenvalue weighted by atomic mass is 32.2. The maximum atomic E-state index is 13.0. The summed E-state index contributed by atoms with van der Waals surface area (Å²) in [6, 6.07) is 17.9. The number of ether oxygens (including phenoxy) is 1. The molecule has 182 valence electrons. The van der Waals surface area contributed by atoms with Gasteiger partial charge >= 0.3 is 6.03 Å². The monoisotopic (exact) mass is 494 g/mol. The van der Waals surface area contributed by atoms with E-state index in [1.807, 2.05) is 0 Å². The number of nitrogens with zero attached hydrogens (tertiary/aromatic N) is 2. The maximum absolute atomic E-state index is 13.0. The number of carbonyl (C=O) groups excluding carboxylic acids is 1. The molecule has 2 amide bonds. The summed E-state index contributed by atoms with van der Waals surface area (Å²) in [6.45, 7) is 1.32. The number of aromatic nitrogens is 1. The number of urea groups is 1. The van der Waals surface area contributed by atoms with E-state index in [2.05, 4.69) is 10.0 Å². The van der Waals surface area contributed by atoms with E-state index in [1.165, 1.54) is 24.3 Å². The van der Waals surface area contributed by atoms with Crippen LogP contribution >= 0.6 is 0 Å². The van der Waals surface area contributed by atoms with Gasteiger partial charge in [-0.05, 0) is 54.8 Å². The molecule has 0 radical (unpaired) electrons. The predicted molar refractivity (Wildman–Crippen MR) is 132 cm³/mol. The average Bonchev–Trinajstić information content (AvgIpc) is 2.86. The number of fused-ring (bicyclic) bond motifs is 4. The third kappa shape index (κ3) is 4.61. The lowest BCUT2D eigenvalue weighted by Gasteiger charge is -2.43. The lowest BCUT2D eigenvalue weighted by atomic mass is 9.82. The summed E-state index contributed by atoms with van der Waals surface area (Å²) >= 11 is 0. The van der Waals surface area contributed by atoms with Crippen LogP contribution in [-0.2, 0) is 16.6 Å². The van der Waals surface area contributed by atoms with Crippen LogP contribution in [0.5, 0.6) is 5.75 Å². The van der Waals surface area contributed by atoms with Gasteiger partial charge in [0.25, 0.3) is 15.6 Å². The van der Waals surface area contributed by atoms with Crippen molar-refractivity contribution in [2.45, 2.75) is 23.8 Å². The van der Waals surface area contributed by atoms with E-state index < -0.39 is 10.0 Å². The summed E-state index contributed by atoms with van der Waals surface area (Å²) in [7, 11) is -2.25. The zero-order valence-corrected chi connectivity index (χ0v) is 20.0. The quantitative estimate of drug-likeness (QED) is 0.566. The van der Waals surface area contributed by atoms with Crippen molar-refractivity contribution in [3.8, 4) is 5.75 Å². The van der Waals surface area contributed by atoms with Crippen LogP contribution in [0.3, 0.4) is 0 Å². The van der Waals surface area contributed by atoms with E-state index in [0.29, 0.717) is 42.5 Å². The molecule has 1 fully saturated rings. The largest absolute Gasteiger partial charge is 0.497 e. The second-order valence-electron chi connectivity index (χ2n) is 8.86. The van der Waals surface area contributed by atoms with Gasteiger partial charge in [0, 0.05) is 37.3 Å². The zero-order chi connectivity index (χ0) is 24.6. The number of rotatable bonds is 5. The first-order valence-corrected chi connectivity index (χ1v) is 12.8. The van der Waals surface area contributed by atoms with Crippen molar-refractivity contribution in [3.05, 3.63) is 82.8 Å². The van der Waals surface area contributed by atoms with Crippen molar-refractivity contribution >= 4 is 27.4 Å². The second-order valence-corrected chi connectivity index (χ2v) is 10.5. The molecule has 0 unspecified atom stereocenters. The SMILES string of the molecule is COc1ccc(NC(=O)N2C[C@@H]3C[C@H](C2)c2c(NS(=O)(=O)c4ccccc4)ccc(=O)n2C3)cc1. The van der Waals surface area contributed by atoms with Gasteiger partial charge in [-0.1, -0.05) is 18.2 Å². The Labute approximate surface area is 203 Å². The molecule has 2 aromatic carbocycles. The van der Waals surface area contributed by atoms with E-state index in [0.717, 1.165) is 6.42 Å². The van der Waals surface area contributed by atoms with E-state index in [4.69, 9.17) is 4.74 Å². The number of pyridine rings is 1. The summed E-state index contributed by atoms with van der Waals surface area (Å²) in [5.74, 6) is 0.621. The number of methoxy groups -OCH3 is 1. The van der Waals surface area contributed by atoms with Crippen LogP contribution in [0.25, 0.3) is 0 Å². The number of benzene rings is 2. The number of nitrogens with one attached hydrogen (secondary N) is 2. The third-order valence-electron chi connectivity index (χ3n) is 6.52. The fourth-order valence-electron chi connectivity index (χ4n) is 4.95. The third-order valence-corrected chi connectivity index (χ3v) is 7.90. The molecular weight excluding hydrogens is 468 g/mol. The highest BCUT2D eigenvalue weighted by Gasteiger charge is 2.38. The van der Waals surface area contributed by atoms with Crippen LogP contribution in [-0.4, -0.2) is 44.1 Å². The summed E-state index contributed by atoms with van der Waals surface area (Å²) in [6.07, 6.45) is 0.774. The van der Waals surface area contributed by atoms with E-state index in [9.17, 15) is 18.0 Å².